The Balaban J connectivity index is 3.21. The summed E-state index contributed by atoms with van der Waals surface area (Å²) >= 11 is 3.27. The van der Waals surface area contributed by atoms with E-state index in [1.165, 1.54) is 7.11 Å². The largest absolute Gasteiger partial charge is 0.494 e. The molecule has 0 atom stereocenters. The first kappa shape index (κ1) is 11.0. The molecule has 0 radical (unpaired) electrons. The van der Waals surface area contributed by atoms with Crippen LogP contribution in [0.1, 0.15) is 11.1 Å². The Morgan fingerprint density at radius 3 is 2.79 bits per heavy atom. The highest BCUT2D eigenvalue weighted by Gasteiger charge is 2.10. The second-order valence-corrected chi connectivity index (χ2v) is 3.30. The molecule has 0 fully saturated rings. The van der Waals surface area contributed by atoms with Gasteiger partial charge in [-0.3, -0.25) is 0 Å². The molecule has 14 heavy (non-hydrogen) atoms. The van der Waals surface area contributed by atoms with Gasteiger partial charge in [-0.05, 0) is 11.6 Å². The maximum absolute atomic E-state index is 13.5. The molecule has 1 aromatic carbocycles. The standard InChI is InChI=1S/C10H9BrFNO/c1-14-9-5-7(6-11)4-8(2-3-13)10(9)12/h4-5H,2,6H2,1H3. The van der Waals surface area contributed by atoms with Crippen LogP contribution in [0.2, 0.25) is 0 Å². The molecule has 0 unspecified atom stereocenters. The number of nitriles is 1. The number of hydrogen-bond donors (Lipinski definition) is 0. The maximum atomic E-state index is 13.5. The van der Waals surface area contributed by atoms with Gasteiger partial charge in [0.15, 0.2) is 11.6 Å². The molecule has 0 aliphatic carbocycles. The Bertz CT molecular complexity index is 373. The molecular formula is C10H9BrFNO. The Kier molecular flexibility index (Phi) is 3.90. The van der Waals surface area contributed by atoms with Crippen LogP contribution in [0.5, 0.6) is 5.75 Å². The van der Waals surface area contributed by atoms with Gasteiger partial charge in [0.05, 0.1) is 19.6 Å². The van der Waals surface area contributed by atoms with Gasteiger partial charge in [0.25, 0.3) is 0 Å². The molecule has 0 bridgehead atoms. The van der Waals surface area contributed by atoms with Crippen molar-refractivity contribution in [1.29, 1.82) is 5.26 Å². The van der Waals surface area contributed by atoms with Gasteiger partial charge in [-0.1, -0.05) is 22.0 Å². The lowest BCUT2D eigenvalue weighted by Gasteiger charge is -2.07. The van der Waals surface area contributed by atoms with Gasteiger partial charge in [0.2, 0.25) is 0 Å². The lowest BCUT2D eigenvalue weighted by atomic mass is 10.1. The van der Waals surface area contributed by atoms with Gasteiger partial charge in [-0.25, -0.2) is 4.39 Å². The van der Waals surface area contributed by atoms with E-state index in [9.17, 15) is 4.39 Å². The van der Waals surface area contributed by atoms with Gasteiger partial charge in [-0.2, -0.15) is 5.26 Å². The summed E-state index contributed by atoms with van der Waals surface area (Å²) in [6.07, 6.45) is 0.0586. The lowest BCUT2D eigenvalue weighted by Crippen LogP contribution is -1.96. The highest BCUT2D eigenvalue weighted by atomic mass is 79.9. The number of benzene rings is 1. The normalized spacial score (nSPS) is 9.57. The van der Waals surface area contributed by atoms with Crippen molar-refractivity contribution in [3.05, 3.63) is 29.1 Å². The Hall–Kier alpha value is -1.08. The van der Waals surface area contributed by atoms with Crippen LogP contribution in [0.3, 0.4) is 0 Å². The Labute approximate surface area is 90.4 Å². The number of hydrogen-bond acceptors (Lipinski definition) is 2. The van der Waals surface area contributed by atoms with Crippen LogP contribution in [0.15, 0.2) is 12.1 Å². The van der Waals surface area contributed by atoms with Crippen LogP contribution in [0.4, 0.5) is 4.39 Å². The van der Waals surface area contributed by atoms with Crippen LogP contribution < -0.4 is 4.74 Å². The molecule has 4 heteroatoms. The van der Waals surface area contributed by atoms with Crippen molar-refractivity contribution in [2.45, 2.75) is 11.8 Å². The van der Waals surface area contributed by atoms with Crippen molar-refractivity contribution in [1.82, 2.24) is 0 Å². The molecule has 0 aromatic heterocycles. The minimum atomic E-state index is -0.446. The summed E-state index contributed by atoms with van der Waals surface area (Å²) in [5.41, 5.74) is 1.27. The van der Waals surface area contributed by atoms with E-state index in [1.54, 1.807) is 12.1 Å². The smallest absolute Gasteiger partial charge is 0.169 e. The predicted molar refractivity (Wildman–Crippen MR) is 54.9 cm³/mol. The third-order valence-electron chi connectivity index (χ3n) is 1.82. The third-order valence-corrected chi connectivity index (χ3v) is 2.47. The number of methoxy groups -OCH3 is 1. The van der Waals surface area contributed by atoms with Crippen molar-refractivity contribution in [3.8, 4) is 11.8 Å². The average molecular weight is 258 g/mol. The fourth-order valence-electron chi connectivity index (χ4n) is 1.16. The topological polar surface area (TPSA) is 33.0 Å². The van der Waals surface area contributed by atoms with Gasteiger partial charge >= 0.3 is 0 Å². The zero-order chi connectivity index (χ0) is 10.6. The van der Waals surface area contributed by atoms with E-state index in [-0.39, 0.29) is 12.2 Å². The zero-order valence-corrected chi connectivity index (χ0v) is 9.27. The second kappa shape index (κ2) is 4.97. The highest BCUT2D eigenvalue weighted by molar-refractivity contribution is 9.08. The molecule has 0 spiro atoms. The molecule has 0 N–H and O–H groups in total. The maximum Gasteiger partial charge on any atom is 0.169 e. The van der Waals surface area contributed by atoms with Crippen LogP contribution in [-0.4, -0.2) is 7.11 Å². The Morgan fingerprint density at radius 1 is 1.57 bits per heavy atom. The summed E-state index contributed by atoms with van der Waals surface area (Å²) in [4.78, 5) is 0. The van der Waals surface area contributed by atoms with Gasteiger partial charge in [0.1, 0.15) is 0 Å². The monoisotopic (exact) mass is 257 g/mol. The van der Waals surface area contributed by atoms with Crippen molar-refractivity contribution in [2.24, 2.45) is 0 Å². The molecule has 0 aliphatic rings. The van der Waals surface area contributed by atoms with E-state index in [0.717, 1.165) is 5.56 Å². The van der Waals surface area contributed by atoms with E-state index >= 15 is 0 Å². The van der Waals surface area contributed by atoms with E-state index in [4.69, 9.17) is 10.00 Å². The minimum absolute atomic E-state index is 0.0586. The van der Waals surface area contributed by atoms with E-state index in [2.05, 4.69) is 15.9 Å². The van der Waals surface area contributed by atoms with Crippen molar-refractivity contribution >= 4 is 15.9 Å². The predicted octanol–water partition coefficient (Wildman–Crippen LogP) is 2.80. The Morgan fingerprint density at radius 2 is 2.29 bits per heavy atom. The first-order chi connectivity index (χ1) is 6.72. The number of rotatable bonds is 3. The molecule has 0 aliphatic heterocycles. The van der Waals surface area contributed by atoms with Gasteiger partial charge < -0.3 is 4.74 Å². The molecule has 1 aromatic rings. The number of halogens is 2. The average Bonchev–Trinajstić information content (AvgIpc) is 2.21. The van der Waals surface area contributed by atoms with Crippen molar-refractivity contribution in [3.63, 3.8) is 0 Å². The molecular weight excluding hydrogens is 249 g/mol. The van der Waals surface area contributed by atoms with Gasteiger partial charge in [-0.15, -0.1) is 0 Å². The molecule has 0 saturated heterocycles. The third kappa shape index (κ3) is 2.24. The summed E-state index contributed by atoms with van der Waals surface area (Å²) in [6.45, 7) is 0. The molecule has 1 rings (SSSR count). The van der Waals surface area contributed by atoms with E-state index in [1.807, 2.05) is 6.07 Å². The molecule has 0 saturated carbocycles. The van der Waals surface area contributed by atoms with Crippen LogP contribution in [0.25, 0.3) is 0 Å². The van der Waals surface area contributed by atoms with Gasteiger partial charge in [0, 0.05) is 10.9 Å². The first-order valence-electron chi connectivity index (χ1n) is 4.01. The minimum Gasteiger partial charge on any atom is -0.494 e. The first-order valence-corrected chi connectivity index (χ1v) is 5.13. The van der Waals surface area contributed by atoms with Crippen molar-refractivity contribution in [2.75, 3.05) is 7.11 Å². The van der Waals surface area contributed by atoms with E-state index < -0.39 is 5.82 Å². The number of alkyl halides is 1. The number of nitrogens with zero attached hydrogens (tertiary/aromatic N) is 1. The summed E-state index contributed by atoms with van der Waals surface area (Å²) in [6, 6.07) is 5.20. The molecule has 0 amide bonds. The van der Waals surface area contributed by atoms with Crippen LogP contribution >= 0.6 is 15.9 Å². The zero-order valence-electron chi connectivity index (χ0n) is 7.68. The SMILES string of the molecule is COc1cc(CBr)cc(CC#N)c1F. The highest BCUT2D eigenvalue weighted by Crippen LogP contribution is 2.24. The summed E-state index contributed by atoms with van der Waals surface area (Å²) < 4.78 is 18.4. The molecule has 74 valence electrons. The number of ether oxygens (including phenoxy) is 1. The summed E-state index contributed by atoms with van der Waals surface area (Å²) in [5, 5.41) is 9.12. The quantitative estimate of drug-likeness (QED) is 0.781. The fourth-order valence-corrected chi connectivity index (χ4v) is 1.48. The molecule has 0 heterocycles. The molecule has 2 nitrogen and oxygen atoms in total. The fraction of sp³-hybridized carbons (Fsp3) is 0.300. The van der Waals surface area contributed by atoms with Crippen LogP contribution in [-0.2, 0) is 11.8 Å². The summed E-state index contributed by atoms with van der Waals surface area (Å²) in [7, 11) is 1.41. The summed E-state index contributed by atoms with van der Waals surface area (Å²) in [5.74, 6) is -0.258. The van der Waals surface area contributed by atoms with E-state index in [0.29, 0.717) is 10.9 Å². The second-order valence-electron chi connectivity index (χ2n) is 2.74. The van der Waals surface area contributed by atoms with Crippen LogP contribution in [0, 0.1) is 17.1 Å². The lowest BCUT2D eigenvalue weighted by molar-refractivity contribution is 0.384. The van der Waals surface area contributed by atoms with Crippen molar-refractivity contribution < 1.29 is 9.13 Å².